The third-order valence-corrected chi connectivity index (χ3v) is 2.94. The van der Waals surface area contributed by atoms with Crippen molar-refractivity contribution in [1.82, 2.24) is 5.32 Å². The van der Waals surface area contributed by atoms with Crippen LogP contribution in [0.5, 0.6) is 5.75 Å². The van der Waals surface area contributed by atoms with Gasteiger partial charge in [0.15, 0.2) is 0 Å². The van der Waals surface area contributed by atoms with Gasteiger partial charge in [-0.05, 0) is 18.9 Å². The van der Waals surface area contributed by atoms with Gasteiger partial charge in [0, 0.05) is 32.4 Å². The van der Waals surface area contributed by atoms with E-state index < -0.39 is 0 Å². The van der Waals surface area contributed by atoms with Crippen molar-refractivity contribution in [3.8, 4) is 5.75 Å². The second-order valence-electron chi connectivity index (χ2n) is 4.18. The molecule has 1 rings (SSSR count). The lowest BCUT2D eigenvalue weighted by Crippen LogP contribution is -2.19. The van der Waals surface area contributed by atoms with Crippen LogP contribution in [0.15, 0.2) is 18.2 Å². The summed E-state index contributed by atoms with van der Waals surface area (Å²) in [6, 6.07) is 5.73. The maximum absolute atomic E-state index is 8.74. The molecule has 0 aliphatic carbocycles. The molecule has 0 unspecified atom stereocenters. The molecule has 0 heterocycles. The van der Waals surface area contributed by atoms with Gasteiger partial charge in [0.1, 0.15) is 5.75 Å². The van der Waals surface area contributed by atoms with Crippen molar-refractivity contribution in [2.24, 2.45) is 0 Å². The lowest BCUT2D eigenvalue weighted by atomic mass is 10.2. The van der Waals surface area contributed by atoms with E-state index in [2.05, 4.69) is 5.32 Å². The summed E-state index contributed by atoms with van der Waals surface area (Å²) in [5, 5.41) is 12.6. The number of hydrogen-bond donors (Lipinski definition) is 2. The fraction of sp³-hybridized carbons (Fsp3) is 0.571. The van der Waals surface area contributed by atoms with Crippen LogP contribution < -0.4 is 10.1 Å². The van der Waals surface area contributed by atoms with Gasteiger partial charge in [-0.1, -0.05) is 23.7 Å². The minimum absolute atomic E-state index is 0.192. The normalized spacial score (nSPS) is 10.7. The SMILES string of the molecule is COCCNCc1cccc(Cl)c1OCCCCO. The van der Waals surface area contributed by atoms with E-state index in [-0.39, 0.29) is 6.61 Å². The Labute approximate surface area is 119 Å². The van der Waals surface area contributed by atoms with Crippen molar-refractivity contribution >= 4 is 11.6 Å². The Morgan fingerprint density at radius 2 is 2.11 bits per heavy atom. The van der Waals surface area contributed by atoms with E-state index in [1.165, 1.54) is 0 Å². The summed E-state index contributed by atoms with van der Waals surface area (Å²) < 4.78 is 10.7. The first kappa shape index (κ1) is 16.2. The Kier molecular flexibility index (Phi) is 8.58. The molecule has 2 N–H and O–H groups in total. The number of unbranched alkanes of at least 4 members (excludes halogenated alkanes) is 1. The van der Waals surface area contributed by atoms with Crippen LogP contribution in [-0.2, 0) is 11.3 Å². The highest BCUT2D eigenvalue weighted by atomic mass is 35.5. The quantitative estimate of drug-likeness (QED) is 0.648. The molecule has 0 bridgehead atoms. The molecule has 1 aromatic rings. The first-order valence-corrected chi connectivity index (χ1v) is 6.88. The van der Waals surface area contributed by atoms with Gasteiger partial charge >= 0.3 is 0 Å². The van der Waals surface area contributed by atoms with Crippen LogP contribution in [0, 0.1) is 0 Å². The van der Waals surface area contributed by atoms with Crippen LogP contribution >= 0.6 is 11.6 Å². The van der Waals surface area contributed by atoms with Crippen LogP contribution in [0.4, 0.5) is 0 Å². The van der Waals surface area contributed by atoms with E-state index >= 15 is 0 Å². The largest absolute Gasteiger partial charge is 0.492 e. The van der Waals surface area contributed by atoms with Gasteiger partial charge in [-0.25, -0.2) is 0 Å². The molecule has 19 heavy (non-hydrogen) atoms. The Balaban J connectivity index is 2.51. The van der Waals surface area contributed by atoms with Crippen molar-refractivity contribution in [3.63, 3.8) is 0 Å². The molecule has 0 saturated carbocycles. The van der Waals surface area contributed by atoms with E-state index in [0.29, 0.717) is 24.8 Å². The van der Waals surface area contributed by atoms with Crippen molar-refractivity contribution in [1.29, 1.82) is 0 Å². The Morgan fingerprint density at radius 1 is 1.26 bits per heavy atom. The monoisotopic (exact) mass is 287 g/mol. The van der Waals surface area contributed by atoms with Gasteiger partial charge in [0.25, 0.3) is 0 Å². The topological polar surface area (TPSA) is 50.7 Å². The van der Waals surface area contributed by atoms with E-state index in [1.807, 2.05) is 18.2 Å². The lowest BCUT2D eigenvalue weighted by Gasteiger charge is -2.13. The first-order valence-electron chi connectivity index (χ1n) is 6.50. The third kappa shape index (κ3) is 6.25. The van der Waals surface area contributed by atoms with Gasteiger partial charge in [-0.2, -0.15) is 0 Å². The number of halogens is 1. The van der Waals surface area contributed by atoms with Gasteiger partial charge in [-0.15, -0.1) is 0 Å². The fourth-order valence-corrected chi connectivity index (χ4v) is 1.89. The van der Waals surface area contributed by atoms with Crippen molar-refractivity contribution < 1.29 is 14.6 Å². The summed E-state index contributed by atoms with van der Waals surface area (Å²) >= 11 is 6.16. The zero-order chi connectivity index (χ0) is 13.9. The summed E-state index contributed by atoms with van der Waals surface area (Å²) in [5.74, 6) is 0.729. The number of hydrogen-bond acceptors (Lipinski definition) is 4. The van der Waals surface area contributed by atoms with Gasteiger partial charge < -0.3 is 19.9 Å². The zero-order valence-corrected chi connectivity index (χ0v) is 12.1. The van der Waals surface area contributed by atoms with Crippen LogP contribution in [0.2, 0.25) is 5.02 Å². The summed E-state index contributed by atoms with van der Waals surface area (Å²) in [4.78, 5) is 0. The molecule has 0 atom stereocenters. The number of aliphatic hydroxyl groups is 1. The Hall–Kier alpha value is -0.810. The van der Waals surface area contributed by atoms with Crippen LogP contribution in [0.1, 0.15) is 18.4 Å². The highest BCUT2D eigenvalue weighted by Crippen LogP contribution is 2.28. The second-order valence-corrected chi connectivity index (χ2v) is 4.58. The number of aliphatic hydroxyl groups excluding tert-OH is 1. The molecular formula is C14H22ClNO3. The standard InChI is InChI=1S/C14H22ClNO3/c1-18-10-7-16-11-12-5-4-6-13(15)14(12)19-9-3-2-8-17/h4-6,16-17H,2-3,7-11H2,1H3. The van der Waals surface area contributed by atoms with E-state index in [0.717, 1.165) is 30.7 Å². The highest BCUT2D eigenvalue weighted by Gasteiger charge is 2.08. The smallest absolute Gasteiger partial charge is 0.142 e. The molecule has 0 saturated heterocycles. The van der Waals surface area contributed by atoms with Crippen LogP contribution in [-0.4, -0.2) is 38.6 Å². The van der Waals surface area contributed by atoms with Crippen LogP contribution in [0.25, 0.3) is 0 Å². The molecule has 1 aromatic carbocycles. The van der Waals surface area contributed by atoms with Gasteiger partial charge in [0.2, 0.25) is 0 Å². The molecule has 108 valence electrons. The van der Waals surface area contributed by atoms with E-state index in [9.17, 15) is 0 Å². The summed E-state index contributed by atoms with van der Waals surface area (Å²) in [6.07, 6.45) is 1.56. The number of methoxy groups -OCH3 is 1. The van der Waals surface area contributed by atoms with Crippen molar-refractivity contribution in [3.05, 3.63) is 28.8 Å². The first-order chi connectivity index (χ1) is 9.29. The number of benzene rings is 1. The molecule has 0 aromatic heterocycles. The second kappa shape index (κ2) is 10.0. The maximum atomic E-state index is 8.74. The molecule has 0 aliphatic rings. The van der Waals surface area contributed by atoms with Crippen molar-refractivity contribution in [2.45, 2.75) is 19.4 Å². The Bertz CT molecular complexity index is 361. The average Bonchev–Trinajstić information content (AvgIpc) is 2.42. The lowest BCUT2D eigenvalue weighted by molar-refractivity contribution is 0.199. The van der Waals surface area contributed by atoms with Crippen molar-refractivity contribution in [2.75, 3.05) is 33.5 Å². The van der Waals surface area contributed by atoms with Gasteiger partial charge in [0.05, 0.1) is 18.2 Å². The molecule has 0 fully saturated rings. The molecular weight excluding hydrogens is 266 g/mol. The molecule has 0 amide bonds. The van der Waals surface area contributed by atoms with E-state index in [4.69, 9.17) is 26.2 Å². The maximum Gasteiger partial charge on any atom is 0.142 e. The minimum Gasteiger partial charge on any atom is -0.492 e. The predicted octanol–water partition coefficient (Wildman–Crippen LogP) is 2.23. The molecule has 0 spiro atoms. The highest BCUT2D eigenvalue weighted by molar-refractivity contribution is 6.32. The molecule has 4 nitrogen and oxygen atoms in total. The zero-order valence-electron chi connectivity index (χ0n) is 11.3. The third-order valence-electron chi connectivity index (χ3n) is 2.65. The van der Waals surface area contributed by atoms with Crippen LogP contribution in [0.3, 0.4) is 0 Å². The fourth-order valence-electron chi connectivity index (χ4n) is 1.64. The van der Waals surface area contributed by atoms with Gasteiger partial charge in [-0.3, -0.25) is 0 Å². The number of para-hydroxylation sites is 1. The summed E-state index contributed by atoms with van der Waals surface area (Å²) in [7, 11) is 1.68. The number of ether oxygens (including phenoxy) is 2. The summed E-state index contributed by atoms with van der Waals surface area (Å²) in [6.45, 7) is 2.91. The predicted molar refractivity (Wildman–Crippen MR) is 76.8 cm³/mol. The summed E-state index contributed by atoms with van der Waals surface area (Å²) in [5.41, 5.74) is 1.03. The number of nitrogens with one attached hydrogen (secondary N) is 1. The molecule has 0 radical (unpaired) electrons. The molecule has 5 heteroatoms. The average molecular weight is 288 g/mol. The molecule has 0 aliphatic heterocycles. The van der Waals surface area contributed by atoms with E-state index in [1.54, 1.807) is 7.11 Å². The Morgan fingerprint density at radius 3 is 2.84 bits per heavy atom. The number of rotatable bonds is 10. The minimum atomic E-state index is 0.192.